The molecule has 0 spiro atoms. The molecule has 0 aromatic carbocycles. The number of aliphatic hydroxyl groups excluding tert-OH is 1. The molecule has 6 heteroatoms. The molecular formula is C16H27N3O3. The summed E-state index contributed by atoms with van der Waals surface area (Å²) in [4.78, 5) is 31.3. The number of hydrogen-bond acceptors (Lipinski definition) is 4. The van der Waals surface area contributed by atoms with Gasteiger partial charge >= 0.3 is 0 Å². The van der Waals surface area contributed by atoms with E-state index in [1.54, 1.807) is 6.92 Å². The highest BCUT2D eigenvalue weighted by molar-refractivity contribution is 5.94. The van der Waals surface area contributed by atoms with Gasteiger partial charge in [-0.2, -0.15) is 0 Å². The average molecular weight is 309 g/mol. The molecule has 124 valence electrons. The summed E-state index contributed by atoms with van der Waals surface area (Å²) < 4.78 is 0. The Morgan fingerprint density at radius 3 is 2.41 bits per heavy atom. The third kappa shape index (κ3) is 4.66. The third-order valence-corrected chi connectivity index (χ3v) is 3.53. The molecule has 0 radical (unpaired) electrons. The number of aryl methyl sites for hydroxylation is 1. The molecule has 1 atom stereocenters. The van der Waals surface area contributed by atoms with Crippen LogP contribution in [0.15, 0.2) is 4.79 Å². The second-order valence-electron chi connectivity index (χ2n) is 6.98. The van der Waals surface area contributed by atoms with Crippen LogP contribution < -0.4 is 10.9 Å². The minimum absolute atomic E-state index is 0.0343. The lowest BCUT2D eigenvalue weighted by Crippen LogP contribution is -2.35. The first-order valence-corrected chi connectivity index (χ1v) is 7.61. The van der Waals surface area contributed by atoms with Crippen LogP contribution in [0.4, 0.5) is 0 Å². The van der Waals surface area contributed by atoms with Gasteiger partial charge in [0.15, 0.2) is 0 Å². The molecule has 0 aliphatic rings. The number of aromatic nitrogens is 2. The Bertz CT molecular complexity index is 585. The first-order valence-electron chi connectivity index (χ1n) is 7.61. The molecule has 0 fully saturated rings. The Labute approximate surface area is 131 Å². The quantitative estimate of drug-likeness (QED) is 0.768. The zero-order valence-corrected chi connectivity index (χ0v) is 14.3. The number of amides is 1. The van der Waals surface area contributed by atoms with Gasteiger partial charge in [0.05, 0.1) is 11.8 Å². The lowest BCUT2D eigenvalue weighted by Gasteiger charge is -2.18. The van der Waals surface area contributed by atoms with Crippen molar-refractivity contribution in [3.63, 3.8) is 0 Å². The number of carbonyl (C=O) groups excluding carboxylic acids is 1. The summed E-state index contributed by atoms with van der Waals surface area (Å²) in [7, 11) is 0. The normalized spacial score (nSPS) is 13.3. The molecule has 1 amide bonds. The van der Waals surface area contributed by atoms with E-state index in [4.69, 9.17) is 0 Å². The molecule has 0 aliphatic carbocycles. The number of hydrogen-bond donors (Lipinski definition) is 3. The maximum Gasteiger partial charge on any atom is 0.264 e. The number of aliphatic hydroxyl groups is 1. The number of H-pyrrole nitrogens is 1. The minimum atomic E-state index is -0.471. The smallest absolute Gasteiger partial charge is 0.264 e. The van der Waals surface area contributed by atoms with Gasteiger partial charge in [-0.25, -0.2) is 4.98 Å². The van der Waals surface area contributed by atoms with Gasteiger partial charge in [-0.3, -0.25) is 9.59 Å². The molecule has 0 aliphatic heterocycles. The van der Waals surface area contributed by atoms with E-state index < -0.39 is 17.6 Å². The fraction of sp³-hybridized carbons (Fsp3) is 0.688. The van der Waals surface area contributed by atoms with Crippen molar-refractivity contribution in [3.05, 3.63) is 27.4 Å². The van der Waals surface area contributed by atoms with E-state index in [-0.39, 0.29) is 16.9 Å². The third-order valence-electron chi connectivity index (χ3n) is 3.53. The number of aromatic amines is 1. The molecule has 0 saturated carbocycles. The van der Waals surface area contributed by atoms with Gasteiger partial charge in [0.1, 0.15) is 11.4 Å². The Balaban J connectivity index is 2.85. The van der Waals surface area contributed by atoms with E-state index in [0.29, 0.717) is 24.5 Å². The van der Waals surface area contributed by atoms with Crippen LogP contribution in [-0.4, -0.2) is 33.6 Å². The molecular weight excluding hydrogens is 282 g/mol. The van der Waals surface area contributed by atoms with Crippen LogP contribution in [-0.2, 0) is 5.41 Å². The van der Waals surface area contributed by atoms with E-state index in [1.807, 2.05) is 34.6 Å². The van der Waals surface area contributed by atoms with Crippen LogP contribution in [0.2, 0.25) is 0 Å². The van der Waals surface area contributed by atoms with Crippen molar-refractivity contribution in [2.45, 2.75) is 59.5 Å². The first kappa shape index (κ1) is 18.4. The predicted octanol–water partition coefficient (Wildman–Crippen LogP) is 1.51. The molecule has 1 unspecified atom stereocenters. The molecule has 1 aromatic rings. The number of carbonyl (C=O) groups is 1. The lowest BCUT2D eigenvalue weighted by atomic mass is 9.95. The summed E-state index contributed by atoms with van der Waals surface area (Å²) in [5.74, 6) is 0.235. The van der Waals surface area contributed by atoms with Gasteiger partial charge in [0.2, 0.25) is 0 Å². The molecule has 1 heterocycles. The molecule has 1 rings (SSSR count). The van der Waals surface area contributed by atoms with Gasteiger partial charge in [-0.1, -0.05) is 34.6 Å². The van der Waals surface area contributed by atoms with Gasteiger partial charge in [0, 0.05) is 12.0 Å². The van der Waals surface area contributed by atoms with Gasteiger partial charge in [-0.15, -0.1) is 0 Å². The number of nitrogens with one attached hydrogen (secondary N) is 2. The Kier molecular flexibility index (Phi) is 5.88. The average Bonchev–Trinajstić information content (AvgIpc) is 2.36. The summed E-state index contributed by atoms with van der Waals surface area (Å²) in [6.45, 7) is 11.6. The first-order chi connectivity index (χ1) is 10.0. The molecule has 22 heavy (non-hydrogen) atoms. The van der Waals surface area contributed by atoms with Crippen molar-refractivity contribution in [1.29, 1.82) is 0 Å². The van der Waals surface area contributed by atoms with E-state index in [1.165, 1.54) is 0 Å². The molecule has 0 bridgehead atoms. The van der Waals surface area contributed by atoms with Crippen LogP contribution in [0.25, 0.3) is 0 Å². The van der Waals surface area contributed by atoms with Crippen molar-refractivity contribution in [2.24, 2.45) is 5.92 Å². The standard InChI is InChI=1S/C16H27N3O3/c1-9(2)11(20)7-8-17-13(21)12-10(3)18-15(16(4,5)6)19-14(12)22/h9,11,20H,7-8H2,1-6H3,(H,17,21)(H,18,19,22). The van der Waals surface area contributed by atoms with Crippen LogP contribution in [0.5, 0.6) is 0 Å². The summed E-state index contributed by atoms with van der Waals surface area (Å²) in [5.41, 5.74) is -0.276. The molecule has 6 nitrogen and oxygen atoms in total. The Morgan fingerprint density at radius 2 is 1.95 bits per heavy atom. The highest BCUT2D eigenvalue weighted by atomic mass is 16.3. The van der Waals surface area contributed by atoms with Crippen molar-refractivity contribution in [1.82, 2.24) is 15.3 Å². The van der Waals surface area contributed by atoms with E-state index in [9.17, 15) is 14.7 Å². The summed E-state index contributed by atoms with van der Waals surface area (Å²) in [6.07, 6.45) is -0.0190. The summed E-state index contributed by atoms with van der Waals surface area (Å²) in [5, 5.41) is 12.4. The fourth-order valence-electron chi connectivity index (χ4n) is 1.96. The molecule has 3 N–H and O–H groups in total. The zero-order valence-electron chi connectivity index (χ0n) is 14.3. The van der Waals surface area contributed by atoms with Gasteiger partial charge < -0.3 is 15.4 Å². The summed E-state index contributed by atoms with van der Waals surface area (Å²) >= 11 is 0. The van der Waals surface area contributed by atoms with Crippen LogP contribution in [0.3, 0.4) is 0 Å². The topological polar surface area (TPSA) is 95.1 Å². The molecule has 1 aromatic heterocycles. The minimum Gasteiger partial charge on any atom is -0.393 e. The SMILES string of the molecule is Cc1nc(C(C)(C)C)[nH]c(=O)c1C(=O)NCCC(O)C(C)C. The predicted molar refractivity (Wildman–Crippen MR) is 86.1 cm³/mol. The Hall–Kier alpha value is -1.69. The number of nitrogens with zero attached hydrogens (tertiary/aromatic N) is 1. The maximum atomic E-state index is 12.1. The van der Waals surface area contributed by atoms with Crippen molar-refractivity contribution in [2.75, 3.05) is 6.54 Å². The van der Waals surface area contributed by atoms with E-state index in [2.05, 4.69) is 15.3 Å². The van der Waals surface area contributed by atoms with Crippen LogP contribution >= 0.6 is 0 Å². The van der Waals surface area contributed by atoms with Crippen molar-refractivity contribution >= 4 is 5.91 Å². The maximum absolute atomic E-state index is 12.1. The second-order valence-corrected chi connectivity index (χ2v) is 6.98. The lowest BCUT2D eigenvalue weighted by molar-refractivity contribution is 0.0917. The van der Waals surface area contributed by atoms with E-state index >= 15 is 0 Å². The highest BCUT2D eigenvalue weighted by Crippen LogP contribution is 2.17. The van der Waals surface area contributed by atoms with Gasteiger partial charge in [-0.05, 0) is 19.3 Å². The number of rotatable bonds is 5. The summed E-state index contributed by atoms with van der Waals surface area (Å²) in [6, 6.07) is 0. The largest absolute Gasteiger partial charge is 0.393 e. The zero-order chi connectivity index (χ0) is 17.1. The second kappa shape index (κ2) is 7.05. The van der Waals surface area contributed by atoms with E-state index in [0.717, 1.165) is 0 Å². The molecule has 0 saturated heterocycles. The monoisotopic (exact) mass is 309 g/mol. The highest BCUT2D eigenvalue weighted by Gasteiger charge is 2.22. The Morgan fingerprint density at radius 1 is 1.36 bits per heavy atom. The van der Waals surface area contributed by atoms with Crippen LogP contribution in [0.1, 0.15) is 62.9 Å². The van der Waals surface area contributed by atoms with Gasteiger partial charge in [0.25, 0.3) is 11.5 Å². The van der Waals surface area contributed by atoms with Crippen molar-refractivity contribution in [3.8, 4) is 0 Å². The van der Waals surface area contributed by atoms with Crippen molar-refractivity contribution < 1.29 is 9.90 Å². The fourth-order valence-corrected chi connectivity index (χ4v) is 1.96. The van der Waals surface area contributed by atoms with Crippen LogP contribution in [0, 0.1) is 12.8 Å².